The predicted octanol–water partition coefficient (Wildman–Crippen LogP) is 5.62. The van der Waals surface area contributed by atoms with Gasteiger partial charge < -0.3 is 5.32 Å². The summed E-state index contributed by atoms with van der Waals surface area (Å²) in [6.45, 7) is 0.193. The summed E-state index contributed by atoms with van der Waals surface area (Å²) >= 11 is 5.88. The molecule has 0 aliphatic carbocycles. The first-order valence-electron chi connectivity index (χ1n) is 9.57. The van der Waals surface area contributed by atoms with Gasteiger partial charge in [0.2, 0.25) is 10.0 Å². The Morgan fingerprint density at radius 1 is 0.767 bits per heavy atom. The molecule has 0 saturated carbocycles. The third-order valence-corrected chi connectivity index (χ3v) is 6.61. The number of nitrogens with one attached hydrogen (secondary N) is 2. The lowest BCUT2D eigenvalue weighted by atomic mass is 10.0. The van der Waals surface area contributed by atoms with E-state index in [0.717, 1.165) is 22.0 Å². The highest BCUT2D eigenvalue weighted by Gasteiger charge is 2.19. The molecular weight excluding hydrogens is 416 g/mol. The minimum atomic E-state index is -3.66. The van der Waals surface area contributed by atoms with Crippen molar-refractivity contribution in [1.82, 2.24) is 4.72 Å². The van der Waals surface area contributed by atoms with Crippen molar-refractivity contribution in [3.63, 3.8) is 0 Å². The number of halogens is 1. The number of rotatable bonds is 7. The van der Waals surface area contributed by atoms with Crippen LogP contribution in [0.1, 0.15) is 11.6 Å². The fourth-order valence-electron chi connectivity index (χ4n) is 3.37. The van der Waals surface area contributed by atoms with E-state index < -0.39 is 10.0 Å². The molecule has 0 amide bonds. The lowest BCUT2D eigenvalue weighted by Crippen LogP contribution is -2.31. The molecule has 1 atom stereocenters. The largest absolute Gasteiger partial charge is 0.376 e. The van der Waals surface area contributed by atoms with Crippen molar-refractivity contribution >= 4 is 38.1 Å². The van der Waals surface area contributed by atoms with E-state index in [1.807, 2.05) is 54.6 Å². The molecule has 1 unspecified atom stereocenters. The van der Waals surface area contributed by atoms with Crippen LogP contribution in [-0.2, 0) is 10.0 Å². The molecule has 4 aromatic carbocycles. The van der Waals surface area contributed by atoms with Crippen LogP contribution in [0.15, 0.2) is 102 Å². The van der Waals surface area contributed by atoms with E-state index in [-0.39, 0.29) is 17.5 Å². The molecule has 0 spiro atoms. The fraction of sp³-hybridized carbons (Fsp3) is 0.0833. The molecule has 30 heavy (non-hydrogen) atoms. The van der Waals surface area contributed by atoms with Crippen molar-refractivity contribution < 1.29 is 8.42 Å². The predicted molar refractivity (Wildman–Crippen MR) is 123 cm³/mol. The lowest BCUT2D eigenvalue weighted by Gasteiger charge is -2.22. The second-order valence-corrected chi connectivity index (χ2v) is 9.14. The van der Waals surface area contributed by atoms with Crippen molar-refractivity contribution in [3.05, 3.63) is 108 Å². The molecule has 0 saturated heterocycles. The highest BCUT2D eigenvalue weighted by atomic mass is 35.5. The quantitative estimate of drug-likeness (QED) is 0.395. The number of anilines is 1. The molecule has 0 aromatic heterocycles. The Hall–Kier alpha value is -2.86. The first-order valence-corrected chi connectivity index (χ1v) is 11.4. The minimum absolute atomic E-state index is 0.184. The van der Waals surface area contributed by atoms with Gasteiger partial charge in [-0.05, 0) is 41.3 Å². The SMILES string of the molecule is O=S(=O)(NCC(Nc1cccc2ccccc12)c1ccccc1)c1ccc(Cl)cc1. The van der Waals surface area contributed by atoms with Gasteiger partial charge in [0.15, 0.2) is 0 Å². The molecule has 4 nitrogen and oxygen atoms in total. The Kier molecular flexibility index (Phi) is 6.04. The van der Waals surface area contributed by atoms with Gasteiger partial charge in [-0.1, -0.05) is 78.3 Å². The molecule has 4 rings (SSSR count). The van der Waals surface area contributed by atoms with E-state index in [2.05, 4.69) is 28.2 Å². The maximum absolute atomic E-state index is 12.8. The molecule has 152 valence electrons. The highest BCUT2D eigenvalue weighted by Crippen LogP contribution is 2.27. The first kappa shape index (κ1) is 20.4. The van der Waals surface area contributed by atoms with E-state index in [4.69, 9.17) is 11.6 Å². The Morgan fingerprint density at radius 2 is 1.43 bits per heavy atom. The van der Waals surface area contributed by atoms with Gasteiger partial charge in [-0.2, -0.15) is 0 Å². The van der Waals surface area contributed by atoms with Crippen LogP contribution in [0.4, 0.5) is 5.69 Å². The van der Waals surface area contributed by atoms with Crippen LogP contribution in [0.5, 0.6) is 0 Å². The van der Waals surface area contributed by atoms with E-state index >= 15 is 0 Å². The van der Waals surface area contributed by atoms with E-state index in [1.165, 1.54) is 12.1 Å². The van der Waals surface area contributed by atoms with Crippen LogP contribution >= 0.6 is 11.6 Å². The summed E-state index contributed by atoms with van der Waals surface area (Å²) in [5, 5.41) is 6.22. The topological polar surface area (TPSA) is 58.2 Å². The van der Waals surface area contributed by atoms with Crippen molar-refractivity contribution in [2.75, 3.05) is 11.9 Å². The number of fused-ring (bicyclic) bond motifs is 1. The zero-order chi connectivity index (χ0) is 21.0. The number of hydrogen-bond donors (Lipinski definition) is 2. The van der Waals surface area contributed by atoms with Crippen LogP contribution < -0.4 is 10.0 Å². The monoisotopic (exact) mass is 436 g/mol. The van der Waals surface area contributed by atoms with Crippen LogP contribution in [-0.4, -0.2) is 15.0 Å². The molecule has 4 aromatic rings. The molecule has 0 radical (unpaired) electrons. The molecular formula is C24H21ClN2O2S. The van der Waals surface area contributed by atoms with Gasteiger partial charge in [0, 0.05) is 22.6 Å². The van der Waals surface area contributed by atoms with Crippen LogP contribution in [0, 0.1) is 0 Å². The second-order valence-electron chi connectivity index (χ2n) is 6.94. The van der Waals surface area contributed by atoms with Gasteiger partial charge in [0.1, 0.15) is 0 Å². The molecule has 2 N–H and O–H groups in total. The minimum Gasteiger partial charge on any atom is -0.376 e. The number of sulfonamides is 1. The van der Waals surface area contributed by atoms with Crippen molar-refractivity contribution in [3.8, 4) is 0 Å². The normalized spacial score (nSPS) is 12.6. The summed E-state index contributed by atoms with van der Waals surface area (Å²) in [5.41, 5.74) is 1.94. The molecule has 0 fully saturated rings. The third-order valence-electron chi connectivity index (χ3n) is 4.92. The standard InChI is InChI=1S/C24H21ClN2O2S/c25-20-13-15-21(16-14-20)30(28,29)26-17-24(19-8-2-1-3-9-19)27-23-12-6-10-18-7-4-5-11-22(18)23/h1-16,24,26-27H,17H2. The Labute approximate surface area is 181 Å². The van der Waals surface area contributed by atoms with Crippen LogP contribution in [0.25, 0.3) is 10.8 Å². The molecule has 0 aliphatic heterocycles. The van der Waals surface area contributed by atoms with Gasteiger partial charge in [-0.25, -0.2) is 13.1 Å². The summed E-state index contributed by atoms with van der Waals surface area (Å²) in [5.74, 6) is 0. The van der Waals surface area contributed by atoms with Gasteiger partial charge in [-0.3, -0.25) is 0 Å². The van der Waals surface area contributed by atoms with E-state index in [1.54, 1.807) is 12.1 Å². The number of benzene rings is 4. The second kappa shape index (κ2) is 8.88. The Balaban J connectivity index is 1.61. The van der Waals surface area contributed by atoms with Crippen LogP contribution in [0.3, 0.4) is 0 Å². The number of hydrogen-bond acceptors (Lipinski definition) is 3. The van der Waals surface area contributed by atoms with E-state index in [0.29, 0.717) is 5.02 Å². The van der Waals surface area contributed by atoms with Crippen molar-refractivity contribution in [1.29, 1.82) is 0 Å². The highest BCUT2D eigenvalue weighted by molar-refractivity contribution is 7.89. The summed E-state index contributed by atoms with van der Waals surface area (Å²) in [6, 6.07) is 29.8. The maximum atomic E-state index is 12.8. The molecule has 0 heterocycles. The molecule has 6 heteroatoms. The molecule has 0 aliphatic rings. The first-order chi connectivity index (χ1) is 14.5. The summed E-state index contributed by atoms with van der Waals surface area (Å²) in [7, 11) is -3.66. The molecule has 0 bridgehead atoms. The summed E-state index contributed by atoms with van der Waals surface area (Å²) in [4.78, 5) is 0.184. The Morgan fingerprint density at radius 3 is 2.20 bits per heavy atom. The smallest absolute Gasteiger partial charge is 0.240 e. The van der Waals surface area contributed by atoms with Gasteiger partial charge >= 0.3 is 0 Å². The third kappa shape index (κ3) is 4.65. The summed E-state index contributed by atoms with van der Waals surface area (Å²) in [6.07, 6.45) is 0. The zero-order valence-electron chi connectivity index (χ0n) is 16.1. The van der Waals surface area contributed by atoms with E-state index in [9.17, 15) is 8.42 Å². The Bertz CT molecular complexity index is 1240. The summed E-state index contributed by atoms with van der Waals surface area (Å²) < 4.78 is 28.3. The van der Waals surface area contributed by atoms with Gasteiger partial charge in [0.25, 0.3) is 0 Å². The average molecular weight is 437 g/mol. The zero-order valence-corrected chi connectivity index (χ0v) is 17.7. The van der Waals surface area contributed by atoms with Crippen molar-refractivity contribution in [2.45, 2.75) is 10.9 Å². The van der Waals surface area contributed by atoms with Crippen molar-refractivity contribution in [2.24, 2.45) is 0 Å². The van der Waals surface area contributed by atoms with Gasteiger partial charge in [0.05, 0.1) is 10.9 Å². The van der Waals surface area contributed by atoms with Crippen LogP contribution in [0.2, 0.25) is 5.02 Å². The van der Waals surface area contributed by atoms with Gasteiger partial charge in [-0.15, -0.1) is 0 Å². The fourth-order valence-corrected chi connectivity index (χ4v) is 4.54. The average Bonchev–Trinajstić information content (AvgIpc) is 2.77. The lowest BCUT2D eigenvalue weighted by molar-refractivity contribution is 0.576. The maximum Gasteiger partial charge on any atom is 0.240 e.